The molecule has 0 fully saturated rings. The summed E-state index contributed by atoms with van der Waals surface area (Å²) >= 11 is 1.64. The SMILES string of the molecule is CCCc1nc(COc2c(C=O)cccc2OCC)cs1. The van der Waals surface area contributed by atoms with Crippen molar-refractivity contribution in [3.8, 4) is 11.5 Å². The maximum absolute atomic E-state index is 11.1. The Morgan fingerprint density at radius 1 is 1.29 bits per heavy atom. The Morgan fingerprint density at radius 3 is 2.86 bits per heavy atom. The molecular weight excluding hydrogens is 286 g/mol. The number of benzene rings is 1. The fourth-order valence-corrected chi connectivity index (χ4v) is 2.82. The third-order valence-electron chi connectivity index (χ3n) is 2.86. The molecule has 112 valence electrons. The Balaban J connectivity index is 2.12. The maximum atomic E-state index is 11.1. The molecule has 5 heteroatoms. The minimum absolute atomic E-state index is 0.338. The molecule has 0 aliphatic carbocycles. The molecule has 0 bridgehead atoms. The predicted octanol–water partition coefficient (Wildman–Crippen LogP) is 3.89. The van der Waals surface area contributed by atoms with Crippen LogP contribution in [0.2, 0.25) is 0 Å². The van der Waals surface area contributed by atoms with E-state index in [0.29, 0.717) is 30.3 Å². The highest BCUT2D eigenvalue weighted by Crippen LogP contribution is 2.31. The molecule has 0 saturated carbocycles. The molecule has 0 spiro atoms. The van der Waals surface area contributed by atoms with E-state index in [-0.39, 0.29) is 0 Å². The molecule has 2 aromatic rings. The van der Waals surface area contributed by atoms with Gasteiger partial charge in [0.1, 0.15) is 6.61 Å². The van der Waals surface area contributed by atoms with Gasteiger partial charge < -0.3 is 9.47 Å². The Labute approximate surface area is 128 Å². The molecule has 0 radical (unpaired) electrons. The van der Waals surface area contributed by atoms with Crippen molar-refractivity contribution in [1.29, 1.82) is 0 Å². The Kier molecular flexibility index (Phi) is 5.75. The number of para-hydroxylation sites is 1. The molecule has 1 aromatic carbocycles. The van der Waals surface area contributed by atoms with Gasteiger partial charge in [-0.1, -0.05) is 13.0 Å². The molecule has 0 saturated heterocycles. The standard InChI is InChI=1S/C16H19NO3S/c1-3-6-15-17-13(11-21-15)10-20-16-12(9-18)7-5-8-14(16)19-4-2/h5,7-9,11H,3-4,6,10H2,1-2H3. The lowest BCUT2D eigenvalue weighted by atomic mass is 10.2. The van der Waals surface area contributed by atoms with E-state index in [9.17, 15) is 4.79 Å². The van der Waals surface area contributed by atoms with Gasteiger partial charge in [0, 0.05) is 5.38 Å². The van der Waals surface area contributed by atoms with Crippen molar-refractivity contribution in [3.05, 3.63) is 39.8 Å². The lowest BCUT2D eigenvalue weighted by Gasteiger charge is -2.12. The summed E-state index contributed by atoms with van der Waals surface area (Å²) in [7, 11) is 0. The zero-order chi connectivity index (χ0) is 15.1. The second-order valence-corrected chi connectivity index (χ2v) is 5.44. The van der Waals surface area contributed by atoms with Crippen molar-refractivity contribution in [2.24, 2.45) is 0 Å². The summed E-state index contributed by atoms with van der Waals surface area (Å²) in [4.78, 5) is 15.6. The number of hydrogen-bond donors (Lipinski definition) is 0. The van der Waals surface area contributed by atoms with Gasteiger partial charge >= 0.3 is 0 Å². The lowest BCUT2D eigenvalue weighted by Crippen LogP contribution is -2.02. The summed E-state index contributed by atoms with van der Waals surface area (Å²) in [6.07, 6.45) is 2.84. The molecule has 0 N–H and O–H groups in total. The fraction of sp³-hybridized carbons (Fsp3) is 0.375. The number of aryl methyl sites for hydroxylation is 1. The summed E-state index contributed by atoms with van der Waals surface area (Å²) in [5.74, 6) is 1.07. The molecule has 4 nitrogen and oxygen atoms in total. The monoisotopic (exact) mass is 305 g/mol. The second-order valence-electron chi connectivity index (χ2n) is 4.50. The van der Waals surface area contributed by atoms with Gasteiger partial charge in [-0.2, -0.15) is 0 Å². The molecule has 0 atom stereocenters. The second kappa shape index (κ2) is 7.78. The number of ether oxygens (including phenoxy) is 2. The van der Waals surface area contributed by atoms with Crippen molar-refractivity contribution in [3.63, 3.8) is 0 Å². The van der Waals surface area contributed by atoms with E-state index < -0.39 is 0 Å². The maximum Gasteiger partial charge on any atom is 0.172 e. The summed E-state index contributed by atoms with van der Waals surface area (Å²) in [5, 5.41) is 3.11. The first-order valence-corrected chi connectivity index (χ1v) is 7.93. The Hall–Kier alpha value is -1.88. The predicted molar refractivity (Wildman–Crippen MR) is 83.4 cm³/mol. The van der Waals surface area contributed by atoms with Crippen LogP contribution in [0.1, 0.15) is 41.3 Å². The first-order chi connectivity index (χ1) is 10.3. The van der Waals surface area contributed by atoms with E-state index >= 15 is 0 Å². The first-order valence-electron chi connectivity index (χ1n) is 7.05. The molecule has 1 heterocycles. The highest BCUT2D eigenvalue weighted by Gasteiger charge is 2.11. The normalized spacial score (nSPS) is 10.4. The molecule has 21 heavy (non-hydrogen) atoms. The molecule has 2 rings (SSSR count). The van der Waals surface area contributed by atoms with E-state index in [4.69, 9.17) is 9.47 Å². The quantitative estimate of drug-likeness (QED) is 0.694. The number of nitrogens with zero attached hydrogens (tertiary/aromatic N) is 1. The van der Waals surface area contributed by atoms with Crippen LogP contribution in [0.4, 0.5) is 0 Å². The van der Waals surface area contributed by atoms with Crippen molar-refractivity contribution >= 4 is 17.6 Å². The van der Waals surface area contributed by atoms with E-state index in [1.54, 1.807) is 29.5 Å². The molecular formula is C16H19NO3S. The summed E-state index contributed by atoms with van der Waals surface area (Å²) < 4.78 is 11.3. The zero-order valence-electron chi connectivity index (χ0n) is 12.3. The third-order valence-corrected chi connectivity index (χ3v) is 3.82. The van der Waals surface area contributed by atoms with Gasteiger partial charge in [-0.05, 0) is 31.9 Å². The summed E-state index contributed by atoms with van der Waals surface area (Å²) in [6.45, 7) is 4.89. The van der Waals surface area contributed by atoms with E-state index in [2.05, 4.69) is 11.9 Å². The van der Waals surface area contributed by atoms with Crippen molar-refractivity contribution in [2.45, 2.75) is 33.3 Å². The van der Waals surface area contributed by atoms with Gasteiger partial charge in [0.05, 0.1) is 22.9 Å². The smallest absolute Gasteiger partial charge is 0.172 e. The first kappa shape index (κ1) is 15.5. The Bertz CT molecular complexity index is 595. The number of carbonyl (C=O) groups excluding carboxylic acids is 1. The topological polar surface area (TPSA) is 48.4 Å². The van der Waals surface area contributed by atoms with Crippen LogP contribution in [0.5, 0.6) is 11.5 Å². The average molecular weight is 305 g/mol. The van der Waals surface area contributed by atoms with Gasteiger partial charge in [-0.15, -0.1) is 11.3 Å². The minimum Gasteiger partial charge on any atom is -0.490 e. The third kappa shape index (κ3) is 4.04. The van der Waals surface area contributed by atoms with Gasteiger partial charge in [0.15, 0.2) is 17.8 Å². The van der Waals surface area contributed by atoms with Gasteiger partial charge in [-0.25, -0.2) is 4.98 Å². The number of thiazole rings is 1. The Morgan fingerprint density at radius 2 is 2.14 bits per heavy atom. The zero-order valence-corrected chi connectivity index (χ0v) is 13.1. The molecule has 0 aliphatic rings. The number of aromatic nitrogens is 1. The fourth-order valence-electron chi connectivity index (χ4n) is 1.94. The lowest BCUT2D eigenvalue weighted by molar-refractivity contribution is 0.111. The van der Waals surface area contributed by atoms with Crippen LogP contribution in [0.15, 0.2) is 23.6 Å². The van der Waals surface area contributed by atoms with Crippen molar-refractivity contribution < 1.29 is 14.3 Å². The highest BCUT2D eigenvalue weighted by molar-refractivity contribution is 7.09. The van der Waals surface area contributed by atoms with E-state index in [1.165, 1.54) is 0 Å². The van der Waals surface area contributed by atoms with Crippen LogP contribution in [0.3, 0.4) is 0 Å². The molecule has 0 amide bonds. The molecule has 1 aromatic heterocycles. The van der Waals surface area contributed by atoms with Gasteiger partial charge in [0.2, 0.25) is 0 Å². The average Bonchev–Trinajstić information content (AvgIpc) is 2.94. The van der Waals surface area contributed by atoms with E-state index in [0.717, 1.165) is 29.8 Å². The molecule has 0 unspecified atom stereocenters. The van der Waals surface area contributed by atoms with Crippen LogP contribution in [0, 0.1) is 0 Å². The van der Waals surface area contributed by atoms with Crippen LogP contribution < -0.4 is 9.47 Å². The molecule has 0 aliphatic heterocycles. The number of aldehydes is 1. The number of rotatable bonds is 8. The minimum atomic E-state index is 0.338. The van der Waals surface area contributed by atoms with Crippen LogP contribution in [-0.4, -0.2) is 17.9 Å². The number of hydrogen-bond acceptors (Lipinski definition) is 5. The summed E-state index contributed by atoms with van der Waals surface area (Å²) in [6, 6.07) is 5.30. The van der Waals surface area contributed by atoms with Crippen molar-refractivity contribution in [1.82, 2.24) is 4.98 Å². The van der Waals surface area contributed by atoms with Gasteiger partial charge in [-0.3, -0.25) is 4.79 Å². The van der Waals surface area contributed by atoms with Crippen molar-refractivity contribution in [2.75, 3.05) is 6.61 Å². The van der Waals surface area contributed by atoms with Crippen LogP contribution >= 0.6 is 11.3 Å². The van der Waals surface area contributed by atoms with Crippen LogP contribution in [-0.2, 0) is 13.0 Å². The highest BCUT2D eigenvalue weighted by atomic mass is 32.1. The van der Waals surface area contributed by atoms with Gasteiger partial charge in [0.25, 0.3) is 0 Å². The summed E-state index contributed by atoms with van der Waals surface area (Å²) in [5.41, 5.74) is 1.37. The number of carbonyl (C=O) groups is 1. The van der Waals surface area contributed by atoms with E-state index in [1.807, 2.05) is 12.3 Å². The van der Waals surface area contributed by atoms with Crippen LogP contribution in [0.25, 0.3) is 0 Å². The largest absolute Gasteiger partial charge is 0.490 e.